The van der Waals surface area contributed by atoms with Gasteiger partial charge in [0.15, 0.2) is 0 Å². The van der Waals surface area contributed by atoms with Crippen LogP contribution in [0.3, 0.4) is 0 Å². The van der Waals surface area contributed by atoms with Gasteiger partial charge >= 0.3 is 0 Å². The van der Waals surface area contributed by atoms with Crippen LogP contribution in [0.15, 0.2) is 54.6 Å². The van der Waals surface area contributed by atoms with Gasteiger partial charge in [-0.15, -0.1) is 5.10 Å². The minimum Gasteiger partial charge on any atom is -0.473 e. The number of ether oxygens (including phenoxy) is 1. The highest BCUT2D eigenvalue weighted by Crippen LogP contribution is 2.42. The molecule has 2 aromatic heterocycles. The van der Waals surface area contributed by atoms with Gasteiger partial charge in [-0.3, -0.25) is 0 Å². The van der Waals surface area contributed by atoms with E-state index in [1.54, 1.807) is 4.52 Å². The standard InChI is InChI=1S/C20H16Cl2N2O/c1-12(2)25-20-15-11-7-6-10-14(15)19-17(22)16(21)18(24(19)23-20)13-8-4-3-5-9-13/h3-12H,1-2H3. The molecule has 126 valence electrons. The zero-order chi connectivity index (χ0) is 17.6. The molecule has 0 aliphatic carbocycles. The summed E-state index contributed by atoms with van der Waals surface area (Å²) in [6.07, 6.45) is 0.00929. The summed E-state index contributed by atoms with van der Waals surface area (Å²) in [4.78, 5) is 0. The van der Waals surface area contributed by atoms with E-state index >= 15 is 0 Å². The van der Waals surface area contributed by atoms with Gasteiger partial charge in [0.2, 0.25) is 5.88 Å². The van der Waals surface area contributed by atoms with Gasteiger partial charge in [0, 0.05) is 16.3 Å². The Bertz CT molecular complexity index is 1070. The first-order valence-corrected chi connectivity index (χ1v) is 8.84. The van der Waals surface area contributed by atoms with Crippen molar-refractivity contribution in [1.29, 1.82) is 0 Å². The van der Waals surface area contributed by atoms with Gasteiger partial charge in [-0.1, -0.05) is 71.7 Å². The molecule has 0 aliphatic rings. The molecule has 4 rings (SSSR count). The summed E-state index contributed by atoms with van der Waals surface area (Å²) in [5, 5.41) is 7.60. The van der Waals surface area contributed by atoms with Crippen molar-refractivity contribution in [2.75, 3.05) is 0 Å². The molecule has 0 N–H and O–H groups in total. The fourth-order valence-electron chi connectivity index (χ4n) is 3.01. The van der Waals surface area contributed by atoms with Crippen LogP contribution in [-0.4, -0.2) is 15.7 Å². The van der Waals surface area contributed by atoms with Crippen LogP contribution in [0, 0.1) is 0 Å². The van der Waals surface area contributed by atoms with Gasteiger partial charge in [0.1, 0.15) is 0 Å². The monoisotopic (exact) mass is 370 g/mol. The Morgan fingerprint density at radius 1 is 0.880 bits per heavy atom. The Labute approximate surface area is 155 Å². The van der Waals surface area contributed by atoms with Crippen molar-refractivity contribution in [2.24, 2.45) is 0 Å². The van der Waals surface area contributed by atoms with Crippen LogP contribution in [-0.2, 0) is 0 Å². The summed E-state index contributed by atoms with van der Waals surface area (Å²) < 4.78 is 7.75. The van der Waals surface area contributed by atoms with Crippen LogP contribution in [0.4, 0.5) is 0 Å². The Morgan fingerprint density at radius 2 is 1.52 bits per heavy atom. The lowest BCUT2D eigenvalue weighted by Crippen LogP contribution is -2.09. The third-order valence-electron chi connectivity index (χ3n) is 4.03. The van der Waals surface area contributed by atoms with E-state index in [4.69, 9.17) is 33.0 Å². The van der Waals surface area contributed by atoms with Crippen LogP contribution in [0.2, 0.25) is 10.0 Å². The molecule has 0 aliphatic heterocycles. The van der Waals surface area contributed by atoms with Gasteiger partial charge in [-0.2, -0.15) is 0 Å². The first-order valence-electron chi connectivity index (χ1n) is 8.08. The number of halogens is 2. The van der Waals surface area contributed by atoms with E-state index in [2.05, 4.69) is 0 Å². The molecule has 2 heterocycles. The zero-order valence-corrected chi connectivity index (χ0v) is 15.3. The summed E-state index contributed by atoms with van der Waals surface area (Å²) in [5.74, 6) is 0.568. The lowest BCUT2D eigenvalue weighted by molar-refractivity contribution is 0.233. The Balaban J connectivity index is 2.15. The molecular formula is C20H16Cl2N2O. The molecule has 5 heteroatoms. The van der Waals surface area contributed by atoms with E-state index in [9.17, 15) is 0 Å². The molecule has 0 amide bonds. The van der Waals surface area contributed by atoms with Crippen LogP contribution < -0.4 is 4.74 Å². The van der Waals surface area contributed by atoms with E-state index < -0.39 is 0 Å². The van der Waals surface area contributed by atoms with E-state index in [0.29, 0.717) is 15.9 Å². The lowest BCUT2D eigenvalue weighted by atomic mass is 10.1. The largest absolute Gasteiger partial charge is 0.473 e. The molecule has 0 radical (unpaired) electrons. The number of rotatable bonds is 3. The van der Waals surface area contributed by atoms with Crippen LogP contribution in [0.25, 0.3) is 27.5 Å². The number of benzene rings is 2. The number of aromatic nitrogens is 2. The summed E-state index contributed by atoms with van der Waals surface area (Å²) in [5.41, 5.74) is 2.51. The fourth-order valence-corrected chi connectivity index (χ4v) is 3.56. The number of hydrogen-bond donors (Lipinski definition) is 0. The number of hydrogen-bond acceptors (Lipinski definition) is 2. The predicted molar refractivity (Wildman–Crippen MR) is 104 cm³/mol. The maximum absolute atomic E-state index is 6.60. The second kappa shape index (κ2) is 6.25. The smallest absolute Gasteiger partial charge is 0.239 e. The van der Waals surface area contributed by atoms with Crippen molar-refractivity contribution < 1.29 is 4.74 Å². The zero-order valence-electron chi connectivity index (χ0n) is 13.8. The average Bonchev–Trinajstić information content (AvgIpc) is 2.86. The summed E-state index contributed by atoms with van der Waals surface area (Å²) in [6.45, 7) is 3.96. The first-order chi connectivity index (χ1) is 12.1. The van der Waals surface area contributed by atoms with E-state index in [-0.39, 0.29) is 6.10 Å². The fraction of sp³-hybridized carbons (Fsp3) is 0.150. The third kappa shape index (κ3) is 2.64. The molecule has 0 unspecified atom stereocenters. The van der Waals surface area contributed by atoms with Gasteiger partial charge in [-0.05, 0) is 19.9 Å². The van der Waals surface area contributed by atoms with Crippen LogP contribution >= 0.6 is 23.2 Å². The van der Waals surface area contributed by atoms with Crippen molar-refractivity contribution in [3.05, 3.63) is 64.6 Å². The minimum absolute atomic E-state index is 0.00929. The quantitative estimate of drug-likeness (QED) is 0.426. The van der Waals surface area contributed by atoms with Gasteiger partial charge in [0.05, 0.1) is 27.4 Å². The summed E-state index contributed by atoms with van der Waals surface area (Å²) in [6, 6.07) is 17.8. The molecule has 4 aromatic rings. The Morgan fingerprint density at radius 3 is 2.20 bits per heavy atom. The third-order valence-corrected chi connectivity index (χ3v) is 4.86. The summed E-state index contributed by atoms with van der Waals surface area (Å²) in [7, 11) is 0. The van der Waals surface area contributed by atoms with Crippen molar-refractivity contribution in [3.8, 4) is 17.1 Å². The van der Waals surface area contributed by atoms with Gasteiger partial charge in [-0.25, -0.2) is 4.52 Å². The molecule has 25 heavy (non-hydrogen) atoms. The second-order valence-corrected chi connectivity index (χ2v) is 6.88. The maximum atomic E-state index is 6.60. The lowest BCUT2D eigenvalue weighted by Gasteiger charge is -2.13. The second-order valence-electron chi connectivity index (χ2n) is 6.12. The molecule has 0 fully saturated rings. The minimum atomic E-state index is 0.00929. The Kier molecular flexibility index (Phi) is 4.06. The highest BCUT2D eigenvalue weighted by molar-refractivity contribution is 6.47. The first kappa shape index (κ1) is 16.2. The SMILES string of the molecule is CC(C)Oc1nn2c(-c3ccccc3)c(Cl)c(Cl)c2c2ccccc12. The molecule has 0 atom stereocenters. The van der Waals surface area contributed by atoms with Gasteiger partial charge < -0.3 is 4.74 Å². The van der Waals surface area contributed by atoms with Crippen LogP contribution in [0.1, 0.15) is 13.8 Å². The predicted octanol–water partition coefficient (Wildman–Crippen LogP) is 6.25. The highest BCUT2D eigenvalue weighted by atomic mass is 35.5. The normalized spacial score (nSPS) is 11.6. The average molecular weight is 371 g/mol. The molecule has 0 spiro atoms. The molecule has 3 nitrogen and oxygen atoms in total. The van der Waals surface area contributed by atoms with E-state index in [0.717, 1.165) is 27.5 Å². The van der Waals surface area contributed by atoms with Gasteiger partial charge in [0.25, 0.3) is 0 Å². The van der Waals surface area contributed by atoms with Crippen molar-refractivity contribution >= 4 is 39.5 Å². The van der Waals surface area contributed by atoms with Crippen molar-refractivity contribution in [2.45, 2.75) is 20.0 Å². The molecule has 0 saturated heterocycles. The topological polar surface area (TPSA) is 26.5 Å². The Hall–Kier alpha value is -2.23. The number of nitrogens with zero attached hydrogens (tertiary/aromatic N) is 2. The molecular weight excluding hydrogens is 355 g/mol. The van der Waals surface area contributed by atoms with Crippen molar-refractivity contribution in [3.63, 3.8) is 0 Å². The summed E-state index contributed by atoms with van der Waals surface area (Å²) >= 11 is 13.2. The molecule has 2 aromatic carbocycles. The highest BCUT2D eigenvalue weighted by Gasteiger charge is 2.22. The van der Waals surface area contributed by atoms with Crippen molar-refractivity contribution in [1.82, 2.24) is 9.61 Å². The maximum Gasteiger partial charge on any atom is 0.239 e. The number of fused-ring (bicyclic) bond motifs is 3. The van der Waals surface area contributed by atoms with E-state index in [1.165, 1.54) is 0 Å². The van der Waals surface area contributed by atoms with E-state index in [1.807, 2.05) is 68.4 Å². The van der Waals surface area contributed by atoms with Crippen LogP contribution in [0.5, 0.6) is 5.88 Å². The molecule has 0 bridgehead atoms. The molecule has 0 saturated carbocycles.